The molecule has 5 rings (SSSR count). The van der Waals surface area contributed by atoms with Gasteiger partial charge in [-0.3, -0.25) is 18.9 Å². The van der Waals surface area contributed by atoms with Crippen molar-refractivity contribution >= 4 is 63.5 Å². The van der Waals surface area contributed by atoms with E-state index in [0.717, 1.165) is 50.3 Å². The summed E-state index contributed by atoms with van der Waals surface area (Å²) in [4.78, 5) is 35.8. The van der Waals surface area contributed by atoms with Crippen molar-refractivity contribution in [2.75, 3.05) is 29.5 Å². The Morgan fingerprint density at radius 3 is 2.67 bits per heavy atom. The van der Waals surface area contributed by atoms with Crippen molar-refractivity contribution in [3.8, 4) is 0 Å². The minimum atomic E-state index is -0.153. The zero-order valence-corrected chi connectivity index (χ0v) is 18.9. The summed E-state index contributed by atoms with van der Waals surface area (Å²) in [6.45, 7) is 1.67. The van der Waals surface area contributed by atoms with Crippen molar-refractivity contribution in [2.24, 2.45) is 0 Å². The number of carbonyl (C=O) groups excluding carboxylic acids is 1. The van der Waals surface area contributed by atoms with E-state index in [1.54, 1.807) is 21.6 Å². The van der Waals surface area contributed by atoms with Gasteiger partial charge in [0.15, 0.2) is 0 Å². The van der Waals surface area contributed by atoms with Crippen LogP contribution in [0.5, 0.6) is 0 Å². The Morgan fingerprint density at radius 1 is 1.13 bits per heavy atom. The smallest absolute Gasteiger partial charge is 0.267 e. The molecule has 3 fully saturated rings. The highest BCUT2D eigenvalue weighted by molar-refractivity contribution is 8.26. The summed E-state index contributed by atoms with van der Waals surface area (Å²) < 4.78 is 2.15. The summed E-state index contributed by atoms with van der Waals surface area (Å²) >= 11 is 8.74. The van der Waals surface area contributed by atoms with Crippen molar-refractivity contribution < 1.29 is 4.79 Å². The first-order valence-electron chi connectivity index (χ1n) is 10.2. The van der Waals surface area contributed by atoms with E-state index in [2.05, 4.69) is 4.90 Å². The fourth-order valence-corrected chi connectivity index (χ4v) is 6.61. The van der Waals surface area contributed by atoms with Crippen molar-refractivity contribution in [1.29, 1.82) is 0 Å². The molecule has 1 saturated carbocycles. The van der Waals surface area contributed by atoms with Crippen LogP contribution in [0.2, 0.25) is 0 Å². The predicted molar refractivity (Wildman–Crippen MR) is 128 cm³/mol. The number of pyridine rings is 1. The molecule has 2 aromatic heterocycles. The third-order valence-electron chi connectivity index (χ3n) is 5.85. The molecule has 2 saturated heterocycles. The van der Waals surface area contributed by atoms with Crippen LogP contribution in [0.25, 0.3) is 11.7 Å². The fraction of sp³-hybridized carbons (Fsp3) is 0.429. The molecule has 0 aromatic carbocycles. The van der Waals surface area contributed by atoms with Crippen LogP contribution in [0.1, 0.15) is 31.2 Å². The second-order valence-corrected chi connectivity index (χ2v) is 10.6. The van der Waals surface area contributed by atoms with Crippen LogP contribution in [-0.4, -0.2) is 55.1 Å². The normalized spacial score (nSPS) is 22.1. The molecule has 30 heavy (non-hydrogen) atoms. The number of anilines is 1. The highest BCUT2D eigenvalue weighted by Crippen LogP contribution is 2.38. The summed E-state index contributed by atoms with van der Waals surface area (Å²) in [5, 5.41) is 0. The average Bonchev–Trinajstić information content (AvgIpc) is 3.38. The Balaban J connectivity index is 1.61. The number of rotatable bonds is 3. The first-order valence-corrected chi connectivity index (χ1v) is 12.6. The van der Waals surface area contributed by atoms with Crippen LogP contribution in [0.15, 0.2) is 34.1 Å². The van der Waals surface area contributed by atoms with E-state index in [1.165, 1.54) is 11.8 Å². The number of amides is 1. The molecule has 1 aliphatic carbocycles. The van der Waals surface area contributed by atoms with E-state index in [9.17, 15) is 9.59 Å². The maximum absolute atomic E-state index is 13.4. The van der Waals surface area contributed by atoms with Crippen molar-refractivity contribution in [2.45, 2.75) is 31.7 Å². The van der Waals surface area contributed by atoms with Gasteiger partial charge in [-0.2, -0.15) is 11.8 Å². The molecule has 156 valence electrons. The van der Waals surface area contributed by atoms with Gasteiger partial charge in [-0.1, -0.05) is 42.9 Å². The Kier molecular flexibility index (Phi) is 5.59. The lowest BCUT2D eigenvalue weighted by atomic mass is 10.2. The van der Waals surface area contributed by atoms with Gasteiger partial charge in [-0.05, 0) is 31.1 Å². The number of hydrogen-bond donors (Lipinski definition) is 0. The van der Waals surface area contributed by atoms with E-state index in [4.69, 9.17) is 17.2 Å². The van der Waals surface area contributed by atoms with Crippen LogP contribution in [0.3, 0.4) is 0 Å². The van der Waals surface area contributed by atoms with Gasteiger partial charge in [0, 0.05) is 36.8 Å². The monoisotopic (exact) mass is 458 g/mol. The number of nitrogens with zero attached hydrogens (tertiary/aromatic N) is 4. The van der Waals surface area contributed by atoms with Gasteiger partial charge in [-0.25, -0.2) is 4.98 Å². The molecule has 0 bridgehead atoms. The maximum atomic E-state index is 13.4. The molecule has 4 heterocycles. The number of hydrogen-bond acceptors (Lipinski definition) is 7. The molecule has 3 aliphatic rings. The third kappa shape index (κ3) is 3.56. The van der Waals surface area contributed by atoms with Gasteiger partial charge in [0.1, 0.15) is 15.8 Å². The SMILES string of the molecule is O=C1C(=Cc2c(N3CCSCC3)nc3ccccn3c2=O)SC(=S)N1C1CCCC1. The molecular formula is C21H22N4O2S3. The summed E-state index contributed by atoms with van der Waals surface area (Å²) in [6, 6.07) is 5.73. The summed E-state index contributed by atoms with van der Waals surface area (Å²) in [5.74, 6) is 2.59. The Labute approximate surface area is 188 Å². The molecule has 6 nitrogen and oxygen atoms in total. The lowest BCUT2D eigenvalue weighted by molar-refractivity contribution is -0.123. The summed E-state index contributed by atoms with van der Waals surface area (Å²) in [6.07, 6.45) is 7.70. The average molecular weight is 459 g/mol. The largest absolute Gasteiger partial charge is 0.354 e. The minimum Gasteiger partial charge on any atom is -0.354 e. The molecule has 2 aromatic rings. The number of aromatic nitrogens is 2. The summed E-state index contributed by atoms with van der Waals surface area (Å²) in [7, 11) is 0. The fourth-order valence-electron chi connectivity index (χ4n) is 4.32. The van der Waals surface area contributed by atoms with Crippen molar-refractivity contribution in [1.82, 2.24) is 14.3 Å². The second kappa shape index (κ2) is 8.36. The third-order valence-corrected chi connectivity index (χ3v) is 8.12. The minimum absolute atomic E-state index is 0.0744. The number of thioether (sulfide) groups is 2. The van der Waals surface area contributed by atoms with Gasteiger partial charge in [-0.15, -0.1) is 0 Å². The molecule has 0 radical (unpaired) electrons. The maximum Gasteiger partial charge on any atom is 0.267 e. The summed E-state index contributed by atoms with van der Waals surface area (Å²) in [5.41, 5.74) is 0.934. The lowest BCUT2D eigenvalue weighted by Gasteiger charge is -2.28. The van der Waals surface area contributed by atoms with Crippen LogP contribution >= 0.6 is 35.7 Å². The standard InChI is InChI=1S/C21H22N4O2S3/c26-19-15(13-16-20(27)25(21(28)30-16)14-5-1-2-6-14)18(23-9-11-29-12-10-23)22-17-7-3-4-8-24(17)19/h3-4,7-8,13-14H,1-2,5-6,9-12H2. The molecular weight excluding hydrogens is 436 g/mol. The van der Waals surface area contributed by atoms with Gasteiger partial charge in [0.25, 0.3) is 11.5 Å². The zero-order chi connectivity index (χ0) is 20.7. The molecule has 0 N–H and O–H groups in total. The number of fused-ring (bicyclic) bond motifs is 1. The van der Waals surface area contributed by atoms with Crippen molar-refractivity contribution in [3.05, 3.63) is 45.2 Å². The number of carbonyl (C=O) groups is 1. The van der Waals surface area contributed by atoms with Gasteiger partial charge in [0.2, 0.25) is 0 Å². The first kappa shape index (κ1) is 20.1. The van der Waals surface area contributed by atoms with Crippen LogP contribution in [0, 0.1) is 0 Å². The van der Waals surface area contributed by atoms with Crippen LogP contribution < -0.4 is 10.5 Å². The van der Waals surface area contributed by atoms with E-state index in [1.807, 2.05) is 30.0 Å². The topological polar surface area (TPSA) is 57.9 Å². The molecule has 0 spiro atoms. The molecule has 1 amide bonds. The van der Waals surface area contributed by atoms with E-state index < -0.39 is 0 Å². The lowest BCUT2D eigenvalue weighted by Crippen LogP contribution is -2.37. The number of thiocarbonyl (C=S) groups is 1. The molecule has 2 aliphatic heterocycles. The van der Waals surface area contributed by atoms with Crippen LogP contribution in [0.4, 0.5) is 5.82 Å². The molecule has 0 atom stereocenters. The quantitative estimate of drug-likeness (QED) is 0.516. The Morgan fingerprint density at radius 2 is 1.90 bits per heavy atom. The van der Waals surface area contributed by atoms with Crippen molar-refractivity contribution in [3.63, 3.8) is 0 Å². The highest BCUT2D eigenvalue weighted by Gasteiger charge is 2.38. The zero-order valence-electron chi connectivity index (χ0n) is 16.5. The van der Waals surface area contributed by atoms with Gasteiger partial charge >= 0.3 is 0 Å². The Bertz CT molecular complexity index is 1100. The van der Waals surface area contributed by atoms with E-state index >= 15 is 0 Å². The first-order chi connectivity index (χ1) is 14.6. The van der Waals surface area contributed by atoms with E-state index in [0.29, 0.717) is 26.3 Å². The molecule has 0 unspecified atom stereocenters. The molecule has 9 heteroatoms. The van der Waals surface area contributed by atoms with E-state index in [-0.39, 0.29) is 17.5 Å². The van der Waals surface area contributed by atoms with Gasteiger partial charge < -0.3 is 4.90 Å². The van der Waals surface area contributed by atoms with Crippen LogP contribution in [-0.2, 0) is 4.79 Å². The second-order valence-electron chi connectivity index (χ2n) is 7.67. The highest BCUT2D eigenvalue weighted by atomic mass is 32.2. The predicted octanol–water partition coefficient (Wildman–Crippen LogP) is 3.39. The van der Waals surface area contributed by atoms with Gasteiger partial charge in [0.05, 0.1) is 10.5 Å². The Hall–Kier alpha value is -1.84.